The molecule has 0 fully saturated rings. The minimum Gasteiger partial charge on any atom is -0.470 e. The summed E-state index contributed by atoms with van der Waals surface area (Å²) in [6.45, 7) is 8.38. The quantitative estimate of drug-likeness (QED) is 0.705. The Morgan fingerprint density at radius 1 is 1.12 bits per heavy atom. The first-order valence-corrected chi connectivity index (χ1v) is 5.72. The molecule has 0 saturated heterocycles. The standard InChI is InChI=1S/C14H19NO/c1-11-15-13(2,3)10-14(4,16-11)12-8-6-5-7-9-12/h5-9H,10H2,1-4H3. The van der Waals surface area contributed by atoms with Gasteiger partial charge in [-0.25, -0.2) is 4.99 Å². The Labute approximate surface area is 97.4 Å². The summed E-state index contributed by atoms with van der Waals surface area (Å²) in [5.41, 5.74) is 0.918. The molecule has 1 unspecified atom stereocenters. The van der Waals surface area contributed by atoms with Gasteiger partial charge in [-0.1, -0.05) is 30.3 Å². The first-order chi connectivity index (χ1) is 7.41. The van der Waals surface area contributed by atoms with Crippen LogP contribution in [0.1, 0.15) is 39.7 Å². The van der Waals surface area contributed by atoms with Crippen molar-refractivity contribution in [1.29, 1.82) is 0 Å². The van der Waals surface area contributed by atoms with Crippen LogP contribution in [0.2, 0.25) is 0 Å². The van der Waals surface area contributed by atoms with E-state index in [1.807, 2.05) is 13.0 Å². The molecule has 1 aromatic carbocycles. The van der Waals surface area contributed by atoms with Gasteiger partial charge in [0.2, 0.25) is 0 Å². The maximum atomic E-state index is 5.95. The van der Waals surface area contributed by atoms with Gasteiger partial charge in [0.05, 0.1) is 5.54 Å². The molecule has 1 aliphatic rings. The summed E-state index contributed by atoms with van der Waals surface area (Å²) in [5.74, 6) is 0.780. The van der Waals surface area contributed by atoms with Crippen LogP contribution in [0.25, 0.3) is 0 Å². The van der Waals surface area contributed by atoms with Crippen LogP contribution in [0.4, 0.5) is 0 Å². The van der Waals surface area contributed by atoms with E-state index < -0.39 is 0 Å². The van der Waals surface area contributed by atoms with Gasteiger partial charge in [-0.3, -0.25) is 0 Å². The molecule has 0 aliphatic carbocycles. The molecule has 1 aliphatic heterocycles. The molecular weight excluding hydrogens is 198 g/mol. The molecule has 2 rings (SSSR count). The van der Waals surface area contributed by atoms with Crippen LogP contribution in [0.3, 0.4) is 0 Å². The lowest BCUT2D eigenvalue weighted by Crippen LogP contribution is -2.41. The summed E-state index contributed by atoms with van der Waals surface area (Å²) in [4.78, 5) is 4.53. The van der Waals surface area contributed by atoms with E-state index in [0.29, 0.717) is 0 Å². The second-order valence-electron chi connectivity index (χ2n) is 5.32. The summed E-state index contributed by atoms with van der Waals surface area (Å²) in [6.07, 6.45) is 0.904. The monoisotopic (exact) mass is 217 g/mol. The molecule has 0 aromatic heterocycles. The molecule has 0 bridgehead atoms. The molecule has 0 radical (unpaired) electrons. The van der Waals surface area contributed by atoms with E-state index in [1.165, 1.54) is 5.56 Å². The normalized spacial score (nSPS) is 28.1. The average Bonchev–Trinajstić information content (AvgIpc) is 2.15. The smallest absolute Gasteiger partial charge is 0.181 e. The topological polar surface area (TPSA) is 21.6 Å². The molecule has 86 valence electrons. The van der Waals surface area contributed by atoms with Crippen LogP contribution in [0, 0.1) is 0 Å². The van der Waals surface area contributed by atoms with Crippen LogP contribution in [-0.4, -0.2) is 11.4 Å². The fourth-order valence-corrected chi connectivity index (χ4v) is 2.63. The molecule has 0 N–H and O–H groups in total. The van der Waals surface area contributed by atoms with Crippen LogP contribution >= 0.6 is 0 Å². The van der Waals surface area contributed by atoms with Crippen LogP contribution in [0.5, 0.6) is 0 Å². The Kier molecular flexibility index (Phi) is 2.53. The Morgan fingerprint density at radius 2 is 1.75 bits per heavy atom. The van der Waals surface area contributed by atoms with Crippen molar-refractivity contribution >= 4 is 5.90 Å². The lowest BCUT2D eigenvalue weighted by atomic mass is 9.82. The highest BCUT2D eigenvalue weighted by molar-refractivity contribution is 5.75. The maximum absolute atomic E-state index is 5.95. The molecule has 1 aromatic rings. The number of benzene rings is 1. The van der Waals surface area contributed by atoms with Crippen molar-refractivity contribution in [3.8, 4) is 0 Å². The average molecular weight is 217 g/mol. The van der Waals surface area contributed by atoms with Gasteiger partial charge in [-0.15, -0.1) is 0 Å². The molecule has 2 nitrogen and oxygen atoms in total. The van der Waals surface area contributed by atoms with Gasteiger partial charge in [0.1, 0.15) is 5.60 Å². The van der Waals surface area contributed by atoms with Gasteiger partial charge >= 0.3 is 0 Å². The highest BCUT2D eigenvalue weighted by Gasteiger charge is 2.39. The molecule has 2 heteroatoms. The summed E-state index contributed by atoms with van der Waals surface area (Å²) in [6, 6.07) is 10.4. The molecule has 0 amide bonds. The number of rotatable bonds is 1. The lowest BCUT2D eigenvalue weighted by Gasteiger charge is -2.40. The molecule has 0 spiro atoms. The third kappa shape index (κ3) is 2.11. The summed E-state index contributed by atoms with van der Waals surface area (Å²) in [5, 5.41) is 0. The molecule has 16 heavy (non-hydrogen) atoms. The van der Waals surface area contributed by atoms with E-state index in [-0.39, 0.29) is 11.1 Å². The Balaban J connectivity index is 2.38. The zero-order chi connectivity index (χ0) is 11.8. The third-order valence-electron chi connectivity index (χ3n) is 2.99. The van der Waals surface area contributed by atoms with E-state index in [0.717, 1.165) is 12.3 Å². The van der Waals surface area contributed by atoms with Gasteiger partial charge < -0.3 is 4.74 Å². The van der Waals surface area contributed by atoms with Crippen molar-refractivity contribution in [2.75, 3.05) is 0 Å². The van der Waals surface area contributed by atoms with Gasteiger partial charge in [0.15, 0.2) is 5.90 Å². The first kappa shape index (κ1) is 11.2. The number of hydrogen-bond donors (Lipinski definition) is 0. The second kappa shape index (κ2) is 3.62. The Bertz CT molecular complexity index is 408. The van der Waals surface area contributed by atoms with Crippen LogP contribution in [0.15, 0.2) is 35.3 Å². The SMILES string of the molecule is CC1=NC(C)(C)CC(C)(c2ccccc2)O1. The predicted octanol–water partition coefficient (Wildman–Crippen LogP) is 3.52. The van der Waals surface area contributed by atoms with Crippen molar-refractivity contribution < 1.29 is 4.74 Å². The first-order valence-electron chi connectivity index (χ1n) is 5.72. The zero-order valence-corrected chi connectivity index (χ0v) is 10.4. The number of ether oxygens (including phenoxy) is 1. The predicted molar refractivity (Wildman–Crippen MR) is 66.7 cm³/mol. The van der Waals surface area contributed by atoms with Crippen LogP contribution < -0.4 is 0 Å². The highest BCUT2D eigenvalue weighted by atomic mass is 16.5. The summed E-state index contributed by atoms with van der Waals surface area (Å²) >= 11 is 0. The summed E-state index contributed by atoms with van der Waals surface area (Å²) in [7, 11) is 0. The number of aliphatic imine (C=N–C) groups is 1. The van der Waals surface area contributed by atoms with E-state index in [4.69, 9.17) is 4.74 Å². The molecular formula is C14H19NO. The van der Waals surface area contributed by atoms with Gasteiger partial charge in [0, 0.05) is 13.3 Å². The summed E-state index contributed by atoms with van der Waals surface area (Å²) < 4.78 is 5.95. The molecule has 1 heterocycles. The minimum absolute atomic E-state index is 0.0487. The van der Waals surface area contributed by atoms with Gasteiger partial charge in [-0.2, -0.15) is 0 Å². The van der Waals surface area contributed by atoms with Crippen molar-refractivity contribution in [3.63, 3.8) is 0 Å². The van der Waals surface area contributed by atoms with Gasteiger partial charge in [0.25, 0.3) is 0 Å². The van der Waals surface area contributed by atoms with Crippen molar-refractivity contribution in [2.45, 2.75) is 45.3 Å². The van der Waals surface area contributed by atoms with Crippen molar-refractivity contribution in [2.24, 2.45) is 4.99 Å². The fraction of sp³-hybridized carbons (Fsp3) is 0.500. The van der Waals surface area contributed by atoms with Crippen molar-refractivity contribution in [1.82, 2.24) is 0 Å². The zero-order valence-electron chi connectivity index (χ0n) is 10.4. The van der Waals surface area contributed by atoms with Crippen LogP contribution in [-0.2, 0) is 10.3 Å². The number of nitrogens with zero attached hydrogens (tertiary/aromatic N) is 1. The molecule has 0 saturated carbocycles. The lowest BCUT2D eigenvalue weighted by molar-refractivity contribution is 0.0240. The third-order valence-corrected chi connectivity index (χ3v) is 2.99. The Hall–Kier alpha value is -1.31. The van der Waals surface area contributed by atoms with Crippen molar-refractivity contribution in [3.05, 3.63) is 35.9 Å². The number of hydrogen-bond acceptors (Lipinski definition) is 2. The largest absolute Gasteiger partial charge is 0.470 e. The Morgan fingerprint density at radius 3 is 2.31 bits per heavy atom. The highest BCUT2D eigenvalue weighted by Crippen LogP contribution is 2.39. The minimum atomic E-state index is -0.253. The fourth-order valence-electron chi connectivity index (χ4n) is 2.63. The second-order valence-corrected chi connectivity index (χ2v) is 5.32. The van der Waals surface area contributed by atoms with E-state index in [9.17, 15) is 0 Å². The maximum Gasteiger partial charge on any atom is 0.181 e. The molecule has 1 atom stereocenters. The van der Waals surface area contributed by atoms with E-state index in [1.54, 1.807) is 0 Å². The van der Waals surface area contributed by atoms with Gasteiger partial charge in [-0.05, 0) is 26.3 Å². The van der Waals surface area contributed by atoms with E-state index >= 15 is 0 Å². The van der Waals surface area contributed by atoms with E-state index in [2.05, 4.69) is 50.0 Å².